The van der Waals surface area contributed by atoms with Gasteiger partial charge >= 0.3 is 5.97 Å². The molecular weight excluding hydrogens is 202 g/mol. The van der Waals surface area contributed by atoms with E-state index < -0.39 is 12.0 Å². The number of rotatable bonds is 4. The average molecular weight is 219 g/mol. The first-order chi connectivity index (χ1) is 7.59. The summed E-state index contributed by atoms with van der Waals surface area (Å²) in [6.45, 7) is 4.05. The molecule has 0 aliphatic heterocycles. The summed E-state index contributed by atoms with van der Waals surface area (Å²) in [5.41, 5.74) is 3.26. The van der Waals surface area contributed by atoms with E-state index in [1.165, 1.54) is 5.56 Å². The summed E-state index contributed by atoms with van der Waals surface area (Å²) >= 11 is 0. The summed E-state index contributed by atoms with van der Waals surface area (Å²) in [6.07, 6.45) is 2.05. The number of aryl methyl sites for hydroxylation is 1. The maximum Gasteiger partial charge on any atom is 0.326 e. The first-order valence-corrected chi connectivity index (χ1v) is 5.65. The molecule has 1 aliphatic carbocycles. The van der Waals surface area contributed by atoms with Crippen LogP contribution in [0.1, 0.15) is 24.0 Å². The van der Waals surface area contributed by atoms with Crippen LogP contribution in [0.25, 0.3) is 0 Å². The third kappa shape index (κ3) is 2.18. The van der Waals surface area contributed by atoms with Crippen LogP contribution in [0.5, 0.6) is 0 Å². The SMILES string of the molecule is Cc1cccc(NC(C(=O)O)C2CC2)c1C. The first kappa shape index (κ1) is 11.0. The molecule has 0 bridgehead atoms. The summed E-state index contributed by atoms with van der Waals surface area (Å²) in [5, 5.41) is 12.3. The van der Waals surface area contributed by atoms with Gasteiger partial charge in [0.2, 0.25) is 0 Å². The van der Waals surface area contributed by atoms with Gasteiger partial charge in [-0.25, -0.2) is 4.79 Å². The second-order valence-corrected chi connectivity index (χ2v) is 4.55. The van der Waals surface area contributed by atoms with E-state index in [0.717, 1.165) is 24.1 Å². The van der Waals surface area contributed by atoms with Crippen LogP contribution < -0.4 is 5.32 Å². The predicted octanol–water partition coefficient (Wildman–Crippen LogP) is 2.58. The minimum Gasteiger partial charge on any atom is -0.480 e. The second kappa shape index (κ2) is 4.16. The van der Waals surface area contributed by atoms with Gasteiger partial charge in [0.1, 0.15) is 6.04 Å². The van der Waals surface area contributed by atoms with Crippen molar-refractivity contribution in [2.75, 3.05) is 5.32 Å². The Hall–Kier alpha value is -1.51. The number of aliphatic carboxylic acids is 1. The number of hydrogen-bond acceptors (Lipinski definition) is 2. The normalized spacial score (nSPS) is 16.9. The largest absolute Gasteiger partial charge is 0.480 e. The molecule has 1 atom stereocenters. The molecule has 0 radical (unpaired) electrons. The Bertz CT molecular complexity index is 410. The number of anilines is 1. The van der Waals surface area contributed by atoms with Crippen molar-refractivity contribution in [3.05, 3.63) is 29.3 Å². The highest BCUT2D eigenvalue weighted by Gasteiger charge is 2.36. The number of hydrogen-bond donors (Lipinski definition) is 2. The van der Waals surface area contributed by atoms with Crippen molar-refractivity contribution in [3.63, 3.8) is 0 Å². The molecule has 1 aliphatic rings. The summed E-state index contributed by atoms with van der Waals surface area (Å²) in [6, 6.07) is 5.50. The molecule has 1 saturated carbocycles. The Labute approximate surface area is 95.5 Å². The molecule has 1 unspecified atom stereocenters. The van der Waals surface area contributed by atoms with Crippen molar-refractivity contribution in [2.45, 2.75) is 32.7 Å². The second-order valence-electron chi connectivity index (χ2n) is 4.55. The fourth-order valence-corrected chi connectivity index (χ4v) is 1.89. The smallest absolute Gasteiger partial charge is 0.326 e. The van der Waals surface area contributed by atoms with Crippen molar-refractivity contribution >= 4 is 11.7 Å². The van der Waals surface area contributed by atoms with Crippen LogP contribution in [-0.4, -0.2) is 17.1 Å². The third-order valence-electron chi connectivity index (χ3n) is 3.28. The average Bonchev–Trinajstić information content (AvgIpc) is 3.03. The molecule has 0 spiro atoms. The molecular formula is C13H17NO2. The fraction of sp³-hybridized carbons (Fsp3) is 0.462. The van der Waals surface area contributed by atoms with Gasteiger partial charge in [0.25, 0.3) is 0 Å². The summed E-state index contributed by atoms with van der Waals surface area (Å²) in [7, 11) is 0. The molecule has 0 aromatic heterocycles. The lowest BCUT2D eigenvalue weighted by Gasteiger charge is -2.17. The zero-order chi connectivity index (χ0) is 11.7. The van der Waals surface area contributed by atoms with Crippen molar-refractivity contribution in [3.8, 4) is 0 Å². The molecule has 1 aromatic rings. The van der Waals surface area contributed by atoms with Crippen LogP contribution in [-0.2, 0) is 4.79 Å². The Morgan fingerprint density at radius 2 is 2.12 bits per heavy atom. The molecule has 2 rings (SSSR count). The van der Waals surface area contributed by atoms with Gasteiger partial charge in [-0.2, -0.15) is 0 Å². The fourth-order valence-electron chi connectivity index (χ4n) is 1.89. The number of benzene rings is 1. The van der Waals surface area contributed by atoms with E-state index in [2.05, 4.69) is 5.32 Å². The quantitative estimate of drug-likeness (QED) is 0.818. The molecule has 3 heteroatoms. The van der Waals surface area contributed by atoms with Crippen LogP contribution in [0, 0.1) is 19.8 Å². The lowest BCUT2D eigenvalue weighted by molar-refractivity contribution is -0.138. The number of nitrogens with one attached hydrogen (secondary N) is 1. The first-order valence-electron chi connectivity index (χ1n) is 5.65. The summed E-state index contributed by atoms with van der Waals surface area (Å²) in [5.74, 6) is -0.444. The van der Waals surface area contributed by atoms with Crippen LogP contribution >= 0.6 is 0 Å². The van der Waals surface area contributed by atoms with E-state index in [-0.39, 0.29) is 0 Å². The minimum atomic E-state index is -0.747. The Balaban J connectivity index is 2.18. The summed E-state index contributed by atoms with van der Waals surface area (Å²) in [4.78, 5) is 11.1. The van der Waals surface area contributed by atoms with Crippen molar-refractivity contribution < 1.29 is 9.90 Å². The van der Waals surface area contributed by atoms with E-state index in [1.807, 2.05) is 32.0 Å². The van der Waals surface area contributed by atoms with Crippen molar-refractivity contribution in [1.29, 1.82) is 0 Å². The lowest BCUT2D eigenvalue weighted by atomic mass is 10.1. The van der Waals surface area contributed by atoms with Gasteiger partial charge < -0.3 is 10.4 Å². The number of carboxylic acids is 1. The van der Waals surface area contributed by atoms with Crippen LogP contribution in [0.4, 0.5) is 5.69 Å². The third-order valence-corrected chi connectivity index (χ3v) is 3.28. The highest BCUT2D eigenvalue weighted by atomic mass is 16.4. The van der Waals surface area contributed by atoms with Crippen LogP contribution in [0.2, 0.25) is 0 Å². The maximum absolute atomic E-state index is 11.1. The van der Waals surface area contributed by atoms with E-state index in [0.29, 0.717) is 5.92 Å². The molecule has 86 valence electrons. The highest BCUT2D eigenvalue weighted by Crippen LogP contribution is 2.35. The van der Waals surface area contributed by atoms with Crippen molar-refractivity contribution in [1.82, 2.24) is 0 Å². The monoisotopic (exact) mass is 219 g/mol. The summed E-state index contributed by atoms with van der Waals surface area (Å²) < 4.78 is 0. The molecule has 16 heavy (non-hydrogen) atoms. The van der Waals surface area contributed by atoms with E-state index in [9.17, 15) is 4.79 Å². The minimum absolute atomic E-state index is 0.303. The molecule has 0 saturated heterocycles. The molecule has 0 heterocycles. The van der Waals surface area contributed by atoms with Gasteiger partial charge in [0.05, 0.1) is 0 Å². The zero-order valence-electron chi connectivity index (χ0n) is 9.66. The molecule has 1 fully saturated rings. The zero-order valence-corrected chi connectivity index (χ0v) is 9.66. The molecule has 3 nitrogen and oxygen atoms in total. The number of carboxylic acid groups (broad SMARTS) is 1. The maximum atomic E-state index is 11.1. The van der Waals surface area contributed by atoms with E-state index in [4.69, 9.17) is 5.11 Å². The highest BCUT2D eigenvalue weighted by molar-refractivity contribution is 5.78. The van der Waals surface area contributed by atoms with Gasteiger partial charge in [0.15, 0.2) is 0 Å². The van der Waals surface area contributed by atoms with E-state index in [1.54, 1.807) is 0 Å². The Morgan fingerprint density at radius 3 is 2.69 bits per heavy atom. The van der Waals surface area contributed by atoms with Gasteiger partial charge in [-0.15, -0.1) is 0 Å². The molecule has 0 amide bonds. The predicted molar refractivity (Wildman–Crippen MR) is 63.7 cm³/mol. The van der Waals surface area contributed by atoms with Crippen molar-refractivity contribution in [2.24, 2.45) is 5.92 Å². The topological polar surface area (TPSA) is 49.3 Å². The van der Waals surface area contributed by atoms with E-state index >= 15 is 0 Å². The lowest BCUT2D eigenvalue weighted by Crippen LogP contribution is -2.31. The van der Waals surface area contributed by atoms with Crippen LogP contribution in [0.3, 0.4) is 0 Å². The number of carbonyl (C=O) groups is 1. The molecule has 2 N–H and O–H groups in total. The van der Waals surface area contributed by atoms with Gasteiger partial charge in [-0.1, -0.05) is 12.1 Å². The van der Waals surface area contributed by atoms with Gasteiger partial charge in [0, 0.05) is 5.69 Å². The standard InChI is InChI=1S/C13H17NO2/c1-8-4-3-5-11(9(8)2)14-12(13(15)16)10-6-7-10/h3-5,10,12,14H,6-7H2,1-2H3,(H,15,16). The Kier molecular flexibility index (Phi) is 2.86. The molecule has 1 aromatic carbocycles. The van der Waals surface area contributed by atoms with Gasteiger partial charge in [-0.3, -0.25) is 0 Å². The van der Waals surface area contributed by atoms with Gasteiger partial charge in [-0.05, 0) is 49.8 Å². The van der Waals surface area contributed by atoms with Crippen LogP contribution in [0.15, 0.2) is 18.2 Å². The Morgan fingerprint density at radius 1 is 1.44 bits per heavy atom.